The summed E-state index contributed by atoms with van der Waals surface area (Å²) in [5.41, 5.74) is 10.1. The smallest absolute Gasteiger partial charge is 0.164 e. The molecule has 0 saturated carbocycles. The monoisotopic (exact) mass is 627 g/mol. The van der Waals surface area contributed by atoms with Crippen LogP contribution < -0.4 is 0 Å². The molecule has 0 N–H and O–H groups in total. The molecule has 6 aromatic carbocycles. The van der Waals surface area contributed by atoms with Crippen LogP contribution in [0, 0.1) is 0 Å². The lowest BCUT2D eigenvalue weighted by Gasteiger charge is -2.11. The first-order valence-corrected chi connectivity index (χ1v) is 16.3. The van der Waals surface area contributed by atoms with Gasteiger partial charge in [0.2, 0.25) is 0 Å². The average Bonchev–Trinajstić information content (AvgIpc) is 3.58. The quantitative estimate of drug-likeness (QED) is 0.184. The second-order valence-corrected chi connectivity index (χ2v) is 12.0. The Morgan fingerprint density at radius 2 is 0.857 bits per heavy atom. The second kappa shape index (κ2) is 12.1. The molecule has 5 nitrogen and oxygen atoms in total. The number of hydrogen-bond donors (Lipinski definition) is 0. The summed E-state index contributed by atoms with van der Waals surface area (Å²) in [7, 11) is 0. The summed E-state index contributed by atoms with van der Waals surface area (Å²) in [5, 5.41) is 2.32. The third-order valence-electron chi connectivity index (χ3n) is 8.84. The lowest BCUT2D eigenvalue weighted by atomic mass is 9.98. The largest absolute Gasteiger partial charge is 0.299 e. The van der Waals surface area contributed by atoms with Crippen molar-refractivity contribution in [3.8, 4) is 67.8 Å². The number of fused-ring (bicyclic) bond motifs is 2. The molecule has 49 heavy (non-hydrogen) atoms. The van der Waals surface area contributed by atoms with E-state index < -0.39 is 0 Å². The number of benzene rings is 6. The molecule has 0 saturated heterocycles. The molecule has 0 fully saturated rings. The van der Waals surface area contributed by atoms with Gasteiger partial charge in [0.05, 0.1) is 11.4 Å². The van der Waals surface area contributed by atoms with Gasteiger partial charge in [0.15, 0.2) is 17.5 Å². The van der Waals surface area contributed by atoms with Gasteiger partial charge in [0.25, 0.3) is 0 Å². The fourth-order valence-electron chi connectivity index (χ4n) is 6.43. The summed E-state index contributed by atoms with van der Waals surface area (Å²) in [6.07, 6.45) is 2.08. The van der Waals surface area contributed by atoms with Gasteiger partial charge in [0.1, 0.15) is 5.65 Å². The number of hydrogen-bond acceptors (Lipinski definition) is 4. The Morgan fingerprint density at radius 3 is 1.59 bits per heavy atom. The molecule has 0 unspecified atom stereocenters. The van der Waals surface area contributed by atoms with E-state index in [9.17, 15) is 0 Å². The van der Waals surface area contributed by atoms with Gasteiger partial charge in [-0.1, -0.05) is 140 Å². The zero-order valence-electron chi connectivity index (χ0n) is 26.5. The van der Waals surface area contributed by atoms with Gasteiger partial charge in [-0.2, -0.15) is 0 Å². The van der Waals surface area contributed by atoms with Crippen molar-refractivity contribution in [2.45, 2.75) is 0 Å². The second-order valence-electron chi connectivity index (χ2n) is 12.0. The van der Waals surface area contributed by atoms with Gasteiger partial charge >= 0.3 is 0 Å². The van der Waals surface area contributed by atoms with E-state index in [1.807, 2.05) is 54.6 Å². The van der Waals surface area contributed by atoms with Crippen molar-refractivity contribution in [2.24, 2.45) is 0 Å². The van der Waals surface area contributed by atoms with E-state index in [1.54, 1.807) is 0 Å². The zero-order chi connectivity index (χ0) is 32.6. The highest BCUT2D eigenvalue weighted by atomic mass is 15.0. The number of pyridine rings is 1. The van der Waals surface area contributed by atoms with E-state index in [0.29, 0.717) is 17.5 Å². The minimum atomic E-state index is 0.627. The standard InChI is InChI=1S/C44H29N5/c1-3-14-31(15-4-1)41-40(45-39-23-9-10-26-49(39)41)36-21-11-19-34(27-36)35-20-12-22-37(29-35)43-46-42(32-16-5-2-6-17-32)47-44(48-43)38-25-24-30-13-7-8-18-33(30)28-38/h1-29H. The molecule has 9 aromatic rings. The summed E-state index contributed by atoms with van der Waals surface area (Å²) in [5.74, 6) is 1.91. The van der Waals surface area contributed by atoms with Crippen LogP contribution in [0.1, 0.15) is 0 Å². The number of rotatable bonds is 6. The predicted octanol–water partition coefficient (Wildman–Crippen LogP) is 10.7. The topological polar surface area (TPSA) is 56.0 Å². The molecular weight excluding hydrogens is 599 g/mol. The lowest BCUT2D eigenvalue weighted by molar-refractivity contribution is 1.07. The fraction of sp³-hybridized carbons (Fsp3) is 0. The van der Waals surface area contributed by atoms with Crippen LogP contribution in [0.25, 0.3) is 84.2 Å². The summed E-state index contributed by atoms with van der Waals surface area (Å²) < 4.78 is 2.16. The highest BCUT2D eigenvalue weighted by Crippen LogP contribution is 2.35. The summed E-state index contributed by atoms with van der Waals surface area (Å²) >= 11 is 0. The first-order valence-electron chi connectivity index (χ1n) is 16.3. The van der Waals surface area contributed by atoms with Crippen LogP contribution in [0.3, 0.4) is 0 Å². The van der Waals surface area contributed by atoms with Crippen LogP contribution >= 0.6 is 0 Å². The van der Waals surface area contributed by atoms with Crippen molar-refractivity contribution >= 4 is 16.4 Å². The molecule has 0 atom stereocenters. The first-order chi connectivity index (χ1) is 24.3. The van der Waals surface area contributed by atoms with Crippen LogP contribution in [0.5, 0.6) is 0 Å². The first kappa shape index (κ1) is 28.5. The van der Waals surface area contributed by atoms with Gasteiger partial charge < -0.3 is 0 Å². The molecule has 0 aliphatic heterocycles. The normalized spacial score (nSPS) is 11.3. The molecule has 0 aliphatic rings. The molecule has 0 amide bonds. The molecule has 0 bridgehead atoms. The van der Waals surface area contributed by atoms with Crippen molar-refractivity contribution in [1.29, 1.82) is 0 Å². The number of imidazole rings is 1. The molecule has 9 rings (SSSR count). The van der Waals surface area contributed by atoms with E-state index in [0.717, 1.165) is 61.4 Å². The fourth-order valence-corrected chi connectivity index (χ4v) is 6.43. The molecule has 5 heteroatoms. The van der Waals surface area contributed by atoms with Crippen LogP contribution in [0.4, 0.5) is 0 Å². The number of nitrogens with zero attached hydrogens (tertiary/aromatic N) is 5. The van der Waals surface area contributed by atoms with Gasteiger partial charge in [-0.05, 0) is 52.2 Å². The van der Waals surface area contributed by atoms with Crippen LogP contribution in [-0.4, -0.2) is 24.3 Å². The van der Waals surface area contributed by atoms with E-state index in [4.69, 9.17) is 19.9 Å². The Labute approximate surface area is 283 Å². The van der Waals surface area contributed by atoms with Crippen LogP contribution in [-0.2, 0) is 0 Å². The summed E-state index contributed by atoms with van der Waals surface area (Å²) in [4.78, 5) is 20.1. The van der Waals surface area contributed by atoms with Crippen LogP contribution in [0.15, 0.2) is 176 Å². The van der Waals surface area contributed by atoms with Gasteiger partial charge in [-0.3, -0.25) is 4.40 Å². The van der Waals surface area contributed by atoms with Crippen molar-refractivity contribution < 1.29 is 0 Å². The highest BCUT2D eigenvalue weighted by molar-refractivity contribution is 5.87. The molecule has 230 valence electrons. The third kappa shape index (κ3) is 5.43. The minimum Gasteiger partial charge on any atom is -0.299 e. The Morgan fingerprint density at radius 1 is 0.327 bits per heavy atom. The summed E-state index contributed by atoms with van der Waals surface area (Å²) in [6, 6.07) is 58.4. The minimum absolute atomic E-state index is 0.627. The van der Waals surface area contributed by atoms with Gasteiger partial charge in [0, 0.05) is 34.0 Å². The molecule has 3 aromatic heterocycles. The van der Waals surface area contributed by atoms with E-state index in [1.165, 1.54) is 5.39 Å². The van der Waals surface area contributed by atoms with E-state index in [-0.39, 0.29) is 0 Å². The van der Waals surface area contributed by atoms with Crippen molar-refractivity contribution in [3.63, 3.8) is 0 Å². The maximum absolute atomic E-state index is 5.09. The van der Waals surface area contributed by atoms with Crippen molar-refractivity contribution in [1.82, 2.24) is 24.3 Å². The molecule has 0 aliphatic carbocycles. The Bertz CT molecular complexity index is 2610. The lowest BCUT2D eigenvalue weighted by Crippen LogP contribution is -2.00. The van der Waals surface area contributed by atoms with Crippen LogP contribution in [0.2, 0.25) is 0 Å². The predicted molar refractivity (Wildman–Crippen MR) is 199 cm³/mol. The molecule has 0 spiro atoms. The summed E-state index contributed by atoms with van der Waals surface area (Å²) in [6.45, 7) is 0. The van der Waals surface area contributed by atoms with E-state index in [2.05, 4.69) is 126 Å². The van der Waals surface area contributed by atoms with Gasteiger partial charge in [-0.25, -0.2) is 19.9 Å². The molecular formula is C44H29N5. The third-order valence-corrected chi connectivity index (χ3v) is 8.84. The van der Waals surface area contributed by atoms with E-state index >= 15 is 0 Å². The maximum atomic E-state index is 5.09. The Kier molecular flexibility index (Phi) is 7.06. The zero-order valence-corrected chi connectivity index (χ0v) is 26.5. The Balaban J connectivity index is 1.15. The van der Waals surface area contributed by atoms with Crippen molar-refractivity contribution in [2.75, 3.05) is 0 Å². The average molecular weight is 628 g/mol. The Hall–Kier alpha value is -6.72. The van der Waals surface area contributed by atoms with Crippen molar-refractivity contribution in [3.05, 3.63) is 176 Å². The molecule has 3 heterocycles. The van der Waals surface area contributed by atoms with Gasteiger partial charge in [-0.15, -0.1) is 0 Å². The highest BCUT2D eigenvalue weighted by Gasteiger charge is 2.17. The number of aromatic nitrogens is 5. The maximum Gasteiger partial charge on any atom is 0.164 e. The molecule has 0 radical (unpaired) electrons. The SMILES string of the molecule is c1ccc(-c2nc(-c3cccc(-c4cccc(-c5nc6ccccn6c5-c5ccccc5)c4)c3)nc(-c3ccc4ccccc4c3)n2)cc1.